The van der Waals surface area contributed by atoms with Gasteiger partial charge in [-0.05, 0) is 34.4 Å². The van der Waals surface area contributed by atoms with Gasteiger partial charge in [-0.15, -0.1) is 0 Å². The monoisotopic (exact) mass is 489 g/mol. The molecule has 0 aromatic heterocycles. The molecule has 0 unspecified atom stereocenters. The second kappa shape index (κ2) is 10.5. The largest absolute Gasteiger partial charge is 0.387 e. The van der Waals surface area contributed by atoms with Gasteiger partial charge in [0.15, 0.2) is 9.84 Å². The first-order valence-corrected chi connectivity index (χ1v) is 13.2. The molecule has 4 aromatic rings. The molecular weight excluding hydrogens is 461 g/mol. The van der Waals surface area contributed by atoms with E-state index in [0.29, 0.717) is 5.56 Å². The van der Waals surface area contributed by atoms with Crippen molar-refractivity contribution in [2.75, 3.05) is 12.9 Å². The van der Waals surface area contributed by atoms with Crippen LogP contribution in [0.4, 0.5) is 4.39 Å². The molecule has 0 spiro atoms. The fraction of sp³-hybridized carbons (Fsp3) is 0.172. The molecule has 0 aliphatic carbocycles. The van der Waals surface area contributed by atoms with Gasteiger partial charge in [0.1, 0.15) is 6.67 Å². The average molecular weight is 490 g/mol. The number of hydrogen-bond donors (Lipinski definition) is 2. The number of rotatable bonds is 9. The van der Waals surface area contributed by atoms with Gasteiger partial charge in [0.25, 0.3) is 0 Å². The highest BCUT2D eigenvalue weighted by molar-refractivity contribution is 7.90. The van der Waals surface area contributed by atoms with E-state index in [1.54, 1.807) is 0 Å². The van der Waals surface area contributed by atoms with Crippen LogP contribution in [0.3, 0.4) is 0 Å². The normalized spacial score (nSPS) is 13.8. The van der Waals surface area contributed by atoms with Crippen LogP contribution in [0, 0.1) is 0 Å². The summed E-state index contributed by atoms with van der Waals surface area (Å²) in [6, 6.07) is 34.2. The van der Waals surface area contributed by atoms with Crippen LogP contribution in [0.15, 0.2) is 120 Å². The summed E-state index contributed by atoms with van der Waals surface area (Å²) in [4.78, 5) is 0.144. The number of alkyl halides is 1. The lowest BCUT2D eigenvalue weighted by atomic mass is 9.76. The van der Waals surface area contributed by atoms with E-state index in [0.717, 1.165) is 22.9 Å². The third kappa shape index (κ3) is 5.20. The second-order valence-electron chi connectivity index (χ2n) is 8.54. The predicted octanol–water partition coefficient (Wildman–Crippen LogP) is 5.04. The molecule has 0 aliphatic rings. The van der Waals surface area contributed by atoms with E-state index in [2.05, 4.69) is 5.32 Å². The van der Waals surface area contributed by atoms with Crippen molar-refractivity contribution < 1.29 is 17.9 Å². The first-order chi connectivity index (χ1) is 16.9. The molecule has 0 aliphatic heterocycles. The molecule has 35 heavy (non-hydrogen) atoms. The lowest BCUT2D eigenvalue weighted by Gasteiger charge is -2.40. The Morgan fingerprint density at radius 2 is 1.14 bits per heavy atom. The molecule has 0 amide bonds. The fourth-order valence-electron chi connectivity index (χ4n) is 4.44. The third-order valence-electron chi connectivity index (χ3n) is 6.22. The summed E-state index contributed by atoms with van der Waals surface area (Å²) in [5.41, 5.74) is 2.17. The molecular formula is C29H28FNO3S. The van der Waals surface area contributed by atoms with Crippen molar-refractivity contribution in [3.05, 3.63) is 138 Å². The lowest BCUT2D eigenvalue weighted by Crippen LogP contribution is -2.52. The van der Waals surface area contributed by atoms with Gasteiger partial charge in [0.05, 0.1) is 22.6 Å². The van der Waals surface area contributed by atoms with Gasteiger partial charge in [-0.25, -0.2) is 12.8 Å². The summed E-state index contributed by atoms with van der Waals surface area (Å²) < 4.78 is 38.3. The maximum absolute atomic E-state index is 14.6. The number of aliphatic hydroxyl groups excluding tert-OH is 1. The Labute approximate surface area is 206 Å². The predicted molar refractivity (Wildman–Crippen MR) is 137 cm³/mol. The first kappa shape index (κ1) is 24.8. The van der Waals surface area contributed by atoms with E-state index in [-0.39, 0.29) is 4.90 Å². The van der Waals surface area contributed by atoms with Gasteiger partial charge >= 0.3 is 0 Å². The Kier molecular flexibility index (Phi) is 7.45. The number of nitrogens with one attached hydrogen (secondary N) is 1. The topological polar surface area (TPSA) is 66.4 Å². The summed E-state index contributed by atoms with van der Waals surface area (Å²) in [5.74, 6) is 0. The van der Waals surface area contributed by atoms with Gasteiger partial charge < -0.3 is 5.11 Å². The summed E-state index contributed by atoms with van der Waals surface area (Å²) >= 11 is 0. The third-order valence-corrected chi connectivity index (χ3v) is 7.35. The molecule has 4 aromatic carbocycles. The molecule has 0 fully saturated rings. The molecule has 2 N–H and O–H groups in total. The highest BCUT2D eigenvalue weighted by Gasteiger charge is 2.40. The van der Waals surface area contributed by atoms with E-state index in [4.69, 9.17) is 0 Å². The minimum atomic E-state index is -3.38. The van der Waals surface area contributed by atoms with Gasteiger partial charge in [-0.1, -0.05) is 103 Å². The fourth-order valence-corrected chi connectivity index (χ4v) is 5.07. The molecule has 0 saturated heterocycles. The van der Waals surface area contributed by atoms with E-state index in [9.17, 15) is 17.9 Å². The minimum absolute atomic E-state index is 0.144. The summed E-state index contributed by atoms with van der Waals surface area (Å²) in [6.07, 6.45) is -0.0951. The van der Waals surface area contributed by atoms with Crippen LogP contribution >= 0.6 is 0 Å². The van der Waals surface area contributed by atoms with Gasteiger partial charge in [0.2, 0.25) is 0 Å². The number of aliphatic hydroxyl groups is 1. The summed E-state index contributed by atoms with van der Waals surface area (Å²) in [6.45, 7) is -0.844. The highest BCUT2D eigenvalue weighted by Crippen LogP contribution is 2.38. The Morgan fingerprint density at radius 3 is 1.49 bits per heavy atom. The van der Waals surface area contributed by atoms with Gasteiger partial charge in [-0.2, -0.15) is 0 Å². The molecule has 0 saturated carbocycles. The molecule has 0 radical (unpaired) electrons. The van der Waals surface area contributed by atoms with Crippen molar-refractivity contribution in [2.45, 2.75) is 22.6 Å². The van der Waals surface area contributed by atoms with Gasteiger partial charge in [-0.3, -0.25) is 5.32 Å². The van der Waals surface area contributed by atoms with Crippen molar-refractivity contribution in [3.8, 4) is 0 Å². The number of halogens is 1. The Balaban J connectivity index is 1.83. The minimum Gasteiger partial charge on any atom is -0.387 e. The summed E-state index contributed by atoms with van der Waals surface area (Å²) in [5, 5.41) is 14.7. The number of hydrogen-bond acceptors (Lipinski definition) is 4. The van der Waals surface area contributed by atoms with Crippen molar-refractivity contribution in [1.29, 1.82) is 0 Å². The van der Waals surface area contributed by atoms with Crippen LogP contribution < -0.4 is 5.32 Å². The zero-order chi connectivity index (χ0) is 24.9. The van der Waals surface area contributed by atoms with Crippen LogP contribution in [0.2, 0.25) is 0 Å². The number of sulfone groups is 1. The molecule has 4 rings (SSSR count). The summed E-state index contributed by atoms with van der Waals surface area (Å²) in [7, 11) is -3.38. The SMILES string of the molecule is CS(=O)(=O)c1ccc([C@@H](O)[C@@H](CF)NC(c2ccccc2)(c2ccccc2)c2ccccc2)cc1. The molecule has 180 valence electrons. The zero-order valence-electron chi connectivity index (χ0n) is 19.4. The van der Waals surface area contributed by atoms with Crippen molar-refractivity contribution in [3.63, 3.8) is 0 Å². The van der Waals surface area contributed by atoms with Crippen molar-refractivity contribution in [1.82, 2.24) is 5.32 Å². The average Bonchev–Trinajstić information content (AvgIpc) is 2.90. The van der Waals surface area contributed by atoms with E-state index in [1.807, 2.05) is 91.0 Å². The van der Waals surface area contributed by atoms with Crippen molar-refractivity contribution >= 4 is 9.84 Å². The Bertz CT molecular complexity index is 1230. The van der Waals surface area contributed by atoms with Gasteiger partial charge in [0, 0.05) is 6.26 Å². The van der Waals surface area contributed by atoms with E-state index < -0.39 is 34.2 Å². The standard InChI is InChI=1S/C29H28FNO3S/c1-35(33,34)26-19-17-22(18-20-26)28(32)27(21-30)31-29(23-11-5-2-6-12-23,24-13-7-3-8-14-24)25-15-9-4-10-16-25/h2-20,27-28,31-32H,21H2,1H3/t27-,28-/m1/s1. The van der Waals surface area contributed by atoms with Crippen LogP contribution in [0.1, 0.15) is 28.4 Å². The zero-order valence-corrected chi connectivity index (χ0v) is 20.2. The van der Waals surface area contributed by atoms with Crippen LogP contribution in [0.25, 0.3) is 0 Å². The highest BCUT2D eigenvalue weighted by atomic mass is 32.2. The molecule has 4 nitrogen and oxygen atoms in total. The maximum Gasteiger partial charge on any atom is 0.175 e. The maximum atomic E-state index is 14.6. The molecule has 2 atom stereocenters. The van der Waals surface area contributed by atoms with Crippen LogP contribution in [-0.2, 0) is 15.4 Å². The lowest BCUT2D eigenvalue weighted by molar-refractivity contribution is 0.101. The van der Waals surface area contributed by atoms with E-state index >= 15 is 0 Å². The second-order valence-corrected chi connectivity index (χ2v) is 10.6. The Hall–Kier alpha value is -3.32. The first-order valence-electron chi connectivity index (χ1n) is 11.3. The van der Waals surface area contributed by atoms with Crippen molar-refractivity contribution in [2.24, 2.45) is 0 Å². The van der Waals surface area contributed by atoms with E-state index in [1.165, 1.54) is 24.3 Å². The Morgan fingerprint density at radius 1 is 0.743 bits per heavy atom. The smallest absolute Gasteiger partial charge is 0.175 e. The quantitative estimate of drug-likeness (QED) is 0.323. The van der Waals surface area contributed by atoms with Crippen LogP contribution in [-0.4, -0.2) is 32.5 Å². The van der Waals surface area contributed by atoms with Crippen LogP contribution in [0.5, 0.6) is 0 Å². The number of benzene rings is 4. The molecule has 6 heteroatoms. The molecule has 0 heterocycles. The molecule has 0 bridgehead atoms.